The third-order valence-corrected chi connectivity index (χ3v) is 3.13. The van der Waals surface area contributed by atoms with Crippen LogP contribution in [0.4, 0.5) is 0 Å². The minimum absolute atomic E-state index is 0.632. The SMILES string of the molecule is CNC(C)(CCCN(C)CCCOC)C(=O)O. The highest BCUT2D eigenvalue weighted by Gasteiger charge is 2.30. The van der Waals surface area contributed by atoms with Gasteiger partial charge in [0.15, 0.2) is 0 Å². The van der Waals surface area contributed by atoms with Crippen molar-refractivity contribution in [1.82, 2.24) is 10.2 Å². The van der Waals surface area contributed by atoms with Crippen LogP contribution in [0.25, 0.3) is 0 Å². The lowest BCUT2D eigenvalue weighted by Gasteiger charge is -2.25. The maximum absolute atomic E-state index is 11.0. The largest absolute Gasteiger partial charge is 0.480 e. The first-order valence-electron chi connectivity index (χ1n) is 6.06. The number of nitrogens with zero attached hydrogens (tertiary/aromatic N) is 1. The number of hydrogen-bond acceptors (Lipinski definition) is 4. The first kappa shape index (κ1) is 16.4. The Hall–Kier alpha value is -0.650. The average Bonchev–Trinajstić information content (AvgIpc) is 2.29. The molecular formula is C12H26N2O3. The Kier molecular flexibility index (Phi) is 8.12. The van der Waals surface area contributed by atoms with E-state index < -0.39 is 11.5 Å². The molecule has 0 aliphatic rings. The predicted octanol–water partition coefficient (Wildman–Crippen LogP) is 0.798. The summed E-state index contributed by atoms with van der Waals surface area (Å²) in [6, 6.07) is 0. The van der Waals surface area contributed by atoms with Gasteiger partial charge in [0.25, 0.3) is 0 Å². The molecule has 2 N–H and O–H groups in total. The number of aliphatic carboxylic acids is 1. The Balaban J connectivity index is 3.77. The quantitative estimate of drug-likeness (QED) is 0.558. The molecule has 1 unspecified atom stereocenters. The number of carboxylic acids is 1. The van der Waals surface area contributed by atoms with Gasteiger partial charge in [-0.3, -0.25) is 4.79 Å². The summed E-state index contributed by atoms with van der Waals surface area (Å²) in [7, 11) is 5.44. The maximum atomic E-state index is 11.0. The summed E-state index contributed by atoms with van der Waals surface area (Å²) in [5, 5.41) is 11.9. The summed E-state index contributed by atoms with van der Waals surface area (Å²) < 4.78 is 4.99. The molecule has 5 nitrogen and oxygen atoms in total. The van der Waals surface area contributed by atoms with E-state index in [-0.39, 0.29) is 0 Å². The van der Waals surface area contributed by atoms with Crippen LogP contribution in [0.15, 0.2) is 0 Å². The summed E-state index contributed by atoms with van der Waals surface area (Å²) in [5.41, 5.74) is -0.812. The lowest BCUT2D eigenvalue weighted by Crippen LogP contribution is -2.47. The molecule has 0 spiro atoms. The van der Waals surface area contributed by atoms with Gasteiger partial charge in [0.05, 0.1) is 0 Å². The van der Waals surface area contributed by atoms with E-state index in [1.807, 2.05) is 7.05 Å². The summed E-state index contributed by atoms with van der Waals surface area (Å²) >= 11 is 0. The van der Waals surface area contributed by atoms with Gasteiger partial charge in [-0.15, -0.1) is 0 Å². The van der Waals surface area contributed by atoms with Crippen molar-refractivity contribution in [2.45, 2.75) is 31.7 Å². The van der Waals surface area contributed by atoms with E-state index in [9.17, 15) is 4.79 Å². The molecule has 102 valence electrons. The lowest BCUT2D eigenvalue weighted by molar-refractivity contribution is -0.144. The standard InChI is InChI=1S/C12H26N2O3/c1-12(13-2,11(15)16)7-5-8-14(3)9-6-10-17-4/h13H,5-10H2,1-4H3,(H,15,16). The van der Waals surface area contributed by atoms with Gasteiger partial charge in [0.1, 0.15) is 5.54 Å². The van der Waals surface area contributed by atoms with Gasteiger partial charge in [-0.1, -0.05) is 0 Å². The van der Waals surface area contributed by atoms with E-state index in [4.69, 9.17) is 9.84 Å². The van der Waals surface area contributed by atoms with Crippen molar-refractivity contribution in [1.29, 1.82) is 0 Å². The molecule has 0 aliphatic heterocycles. The van der Waals surface area contributed by atoms with Crippen LogP contribution in [0.1, 0.15) is 26.2 Å². The first-order chi connectivity index (χ1) is 7.96. The van der Waals surface area contributed by atoms with Crippen LogP contribution in [-0.4, -0.2) is 62.4 Å². The molecule has 0 radical (unpaired) electrons. The van der Waals surface area contributed by atoms with E-state index in [1.165, 1.54) is 0 Å². The second-order valence-corrected chi connectivity index (χ2v) is 4.64. The van der Waals surface area contributed by atoms with Crippen molar-refractivity contribution in [2.24, 2.45) is 0 Å². The Bertz CT molecular complexity index is 224. The van der Waals surface area contributed by atoms with Crippen molar-refractivity contribution in [2.75, 3.05) is 40.9 Å². The lowest BCUT2D eigenvalue weighted by atomic mass is 9.96. The molecule has 0 bridgehead atoms. The van der Waals surface area contributed by atoms with Gasteiger partial charge in [0, 0.05) is 20.3 Å². The molecule has 0 aliphatic carbocycles. The molecule has 0 heterocycles. The van der Waals surface area contributed by atoms with Crippen LogP contribution in [0.3, 0.4) is 0 Å². The van der Waals surface area contributed by atoms with E-state index in [0.29, 0.717) is 6.42 Å². The van der Waals surface area contributed by atoms with Gasteiger partial charge < -0.3 is 20.1 Å². The number of nitrogens with one attached hydrogen (secondary N) is 1. The van der Waals surface area contributed by atoms with Crippen LogP contribution in [0.5, 0.6) is 0 Å². The molecule has 0 rings (SSSR count). The summed E-state index contributed by atoms with van der Waals surface area (Å²) in [6.45, 7) is 4.39. The van der Waals surface area contributed by atoms with Crippen LogP contribution in [0.2, 0.25) is 0 Å². The average molecular weight is 246 g/mol. The smallest absolute Gasteiger partial charge is 0.323 e. The molecule has 0 saturated carbocycles. The molecule has 5 heteroatoms. The molecule has 17 heavy (non-hydrogen) atoms. The van der Waals surface area contributed by atoms with Crippen LogP contribution < -0.4 is 5.32 Å². The van der Waals surface area contributed by atoms with Crippen LogP contribution >= 0.6 is 0 Å². The fourth-order valence-corrected chi connectivity index (χ4v) is 1.63. The van der Waals surface area contributed by atoms with Gasteiger partial charge in [-0.2, -0.15) is 0 Å². The highest BCUT2D eigenvalue weighted by Crippen LogP contribution is 2.12. The third kappa shape index (κ3) is 6.61. The molecule has 0 aromatic heterocycles. The minimum atomic E-state index is -0.812. The molecule has 0 fully saturated rings. The van der Waals surface area contributed by atoms with E-state index in [1.54, 1.807) is 21.1 Å². The van der Waals surface area contributed by atoms with Gasteiger partial charge in [-0.05, 0) is 46.8 Å². The second kappa shape index (κ2) is 8.44. The molecule has 0 aromatic rings. The van der Waals surface area contributed by atoms with Crippen molar-refractivity contribution < 1.29 is 14.6 Å². The highest BCUT2D eigenvalue weighted by atomic mass is 16.5. The number of likely N-dealkylation sites (N-methyl/N-ethyl adjacent to an activating group) is 1. The number of hydrogen-bond donors (Lipinski definition) is 2. The van der Waals surface area contributed by atoms with E-state index in [2.05, 4.69) is 10.2 Å². The van der Waals surface area contributed by atoms with Crippen molar-refractivity contribution in [3.63, 3.8) is 0 Å². The third-order valence-electron chi connectivity index (χ3n) is 3.13. The predicted molar refractivity (Wildman–Crippen MR) is 68.3 cm³/mol. The molecular weight excluding hydrogens is 220 g/mol. The van der Waals surface area contributed by atoms with Crippen molar-refractivity contribution in [3.8, 4) is 0 Å². The van der Waals surface area contributed by atoms with Gasteiger partial charge in [-0.25, -0.2) is 0 Å². The number of rotatable bonds is 10. The number of carbonyl (C=O) groups is 1. The molecule has 0 saturated heterocycles. The number of carboxylic acid groups (broad SMARTS) is 1. The van der Waals surface area contributed by atoms with Gasteiger partial charge in [0.2, 0.25) is 0 Å². The number of ether oxygens (including phenoxy) is 1. The minimum Gasteiger partial charge on any atom is -0.480 e. The fourth-order valence-electron chi connectivity index (χ4n) is 1.63. The maximum Gasteiger partial charge on any atom is 0.323 e. The van der Waals surface area contributed by atoms with Crippen LogP contribution in [-0.2, 0) is 9.53 Å². The Morgan fingerprint density at radius 3 is 2.47 bits per heavy atom. The van der Waals surface area contributed by atoms with Crippen molar-refractivity contribution in [3.05, 3.63) is 0 Å². The van der Waals surface area contributed by atoms with E-state index in [0.717, 1.165) is 32.5 Å². The molecule has 0 aromatic carbocycles. The second-order valence-electron chi connectivity index (χ2n) is 4.64. The Labute approximate surface area is 104 Å². The zero-order chi connectivity index (χ0) is 13.3. The topological polar surface area (TPSA) is 61.8 Å². The zero-order valence-corrected chi connectivity index (χ0v) is 11.5. The summed E-state index contributed by atoms with van der Waals surface area (Å²) in [5.74, 6) is -0.790. The van der Waals surface area contributed by atoms with Crippen molar-refractivity contribution >= 4 is 5.97 Å². The van der Waals surface area contributed by atoms with Crippen LogP contribution in [0, 0.1) is 0 Å². The Morgan fingerprint density at radius 2 is 2.00 bits per heavy atom. The zero-order valence-electron chi connectivity index (χ0n) is 11.5. The highest BCUT2D eigenvalue weighted by molar-refractivity contribution is 5.78. The number of methoxy groups -OCH3 is 1. The fraction of sp³-hybridized carbons (Fsp3) is 0.917. The molecule has 0 amide bonds. The monoisotopic (exact) mass is 246 g/mol. The summed E-state index contributed by atoms with van der Waals surface area (Å²) in [4.78, 5) is 13.3. The normalized spacial score (nSPS) is 14.9. The van der Waals surface area contributed by atoms with Gasteiger partial charge >= 0.3 is 5.97 Å². The first-order valence-corrected chi connectivity index (χ1v) is 6.06. The summed E-state index contributed by atoms with van der Waals surface area (Å²) in [6.07, 6.45) is 2.51. The van der Waals surface area contributed by atoms with E-state index >= 15 is 0 Å². The molecule has 1 atom stereocenters. The Morgan fingerprint density at radius 1 is 1.41 bits per heavy atom.